The predicted molar refractivity (Wildman–Crippen MR) is 93.1 cm³/mol. The zero-order valence-corrected chi connectivity index (χ0v) is 13.0. The Kier molecular flexibility index (Phi) is 4.64. The van der Waals surface area contributed by atoms with Crippen molar-refractivity contribution in [2.24, 2.45) is 0 Å². The molecule has 0 saturated heterocycles. The van der Waals surface area contributed by atoms with E-state index in [1.165, 1.54) is 0 Å². The van der Waals surface area contributed by atoms with E-state index in [2.05, 4.69) is 15.5 Å². The second kappa shape index (κ2) is 7.03. The highest BCUT2D eigenvalue weighted by Gasteiger charge is 2.11. The molecular formula is C19H19N3O. The number of hydrogen-bond acceptors (Lipinski definition) is 4. The van der Waals surface area contributed by atoms with Crippen LogP contribution < -0.4 is 5.32 Å². The lowest BCUT2D eigenvalue weighted by atomic mass is 10.0. The molecule has 0 radical (unpaired) electrons. The van der Waals surface area contributed by atoms with E-state index in [1.54, 1.807) is 6.92 Å². The molecule has 4 heteroatoms. The Balaban J connectivity index is 2.04. The summed E-state index contributed by atoms with van der Waals surface area (Å²) in [6.45, 7) is 2.17. The van der Waals surface area contributed by atoms with Crippen LogP contribution in [0, 0.1) is 0 Å². The SMILES string of the molecule is CC(O)CNc1nnc(-c2ccccc2)cc1-c1ccccc1. The van der Waals surface area contributed by atoms with E-state index in [4.69, 9.17) is 0 Å². The van der Waals surface area contributed by atoms with Gasteiger partial charge < -0.3 is 10.4 Å². The van der Waals surface area contributed by atoms with E-state index in [0.29, 0.717) is 12.4 Å². The predicted octanol–water partition coefficient (Wildman–Crippen LogP) is 3.60. The quantitative estimate of drug-likeness (QED) is 0.756. The van der Waals surface area contributed by atoms with Gasteiger partial charge in [-0.1, -0.05) is 60.7 Å². The number of anilines is 1. The molecule has 2 aromatic carbocycles. The minimum atomic E-state index is -0.450. The van der Waals surface area contributed by atoms with Gasteiger partial charge in [-0.15, -0.1) is 10.2 Å². The van der Waals surface area contributed by atoms with Crippen LogP contribution in [0.1, 0.15) is 6.92 Å². The minimum Gasteiger partial charge on any atom is -0.392 e. The van der Waals surface area contributed by atoms with E-state index < -0.39 is 6.10 Å². The third-order valence-electron chi connectivity index (χ3n) is 3.51. The van der Waals surface area contributed by atoms with Crippen molar-refractivity contribution in [3.05, 3.63) is 66.7 Å². The molecule has 1 unspecified atom stereocenters. The fraction of sp³-hybridized carbons (Fsp3) is 0.158. The summed E-state index contributed by atoms with van der Waals surface area (Å²) in [5.74, 6) is 0.678. The summed E-state index contributed by atoms with van der Waals surface area (Å²) in [4.78, 5) is 0. The smallest absolute Gasteiger partial charge is 0.156 e. The van der Waals surface area contributed by atoms with Crippen molar-refractivity contribution in [3.63, 3.8) is 0 Å². The fourth-order valence-electron chi connectivity index (χ4n) is 2.35. The summed E-state index contributed by atoms with van der Waals surface area (Å²) in [5.41, 5.74) is 3.89. The molecule has 23 heavy (non-hydrogen) atoms. The maximum atomic E-state index is 9.50. The van der Waals surface area contributed by atoms with Gasteiger partial charge in [0, 0.05) is 17.7 Å². The summed E-state index contributed by atoms with van der Waals surface area (Å²) in [7, 11) is 0. The molecule has 0 aliphatic heterocycles. The molecule has 2 N–H and O–H groups in total. The fourth-order valence-corrected chi connectivity index (χ4v) is 2.35. The highest BCUT2D eigenvalue weighted by Crippen LogP contribution is 2.29. The van der Waals surface area contributed by atoms with Crippen molar-refractivity contribution in [3.8, 4) is 22.4 Å². The lowest BCUT2D eigenvalue weighted by Crippen LogP contribution is -2.17. The first-order valence-corrected chi connectivity index (χ1v) is 7.64. The molecule has 3 rings (SSSR count). The van der Waals surface area contributed by atoms with Crippen molar-refractivity contribution in [1.29, 1.82) is 0 Å². The number of hydrogen-bond donors (Lipinski definition) is 2. The Morgan fingerprint density at radius 1 is 0.913 bits per heavy atom. The molecule has 1 aromatic heterocycles. The van der Waals surface area contributed by atoms with E-state index in [9.17, 15) is 5.11 Å². The maximum Gasteiger partial charge on any atom is 0.156 e. The molecule has 0 aliphatic carbocycles. The van der Waals surface area contributed by atoms with Crippen LogP contribution in [0.25, 0.3) is 22.4 Å². The van der Waals surface area contributed by atoms with Gasteiger partial charge in [0.2, 0.25) is 0 Å². The standard InChI is InChI=1S/C19H19N3O/c1-14(23)13-20-19-17(15-8-4-2-5-9-15)12-18(21-22-19)16-10-6-3-7-11-16/h2-12,14,23H,13H2,1H3,(H,20,22). The summed E-state index contributed by atoms with van der Waals surface area (Å²) >= 11 is 0. The number of nitrogens with one attached hydrogen (secondary N) is 1. The maximum absolute atomic E-state index is 9.50. The Bertz CT molecular complexity index is 758. The normalized spacial score (nSPS) is 11.9. The molecular weight excluding hydrogens is 286 g/mol. The Morgan fingerprint density at radius 2 is 1.52 bits per heavy atom. The molecule has 0 saturated carbocycles. The third kappa shape index (κ3) is 3.73. The number of aliphatic hydroxyl groups excluding tert-OH is 1. The Morgan fingerprint density at radius 3 is 2.13 bits per heavy atom. The van der Waals surface area contributed by atoms with Crippen LogP contribution in [0.4, 0.5) is 5.82 Å². The van der Waals surface area contributed by atoms with E-state index in [-0.39, 0.29) is 0 Å². The molecule has 116 valence electrons. The van der Waals surface area contributed by atoms with Crippen molar-refractivity contribution >= 4 is 5.82 Å². The van der Waals surface area contributed by atoms with Gasteiger partial charge in [-0.2, -0.15) is 0 Å². The summed E-state index contributed by atoms with van der Waals surface area (Å²) in [6.07, 6.45) is -0.450. The molecule has 0 spiro atoms. The lowest BCUT2D eigenvalue weighted by Gasteiger charge is -2.13. The van der Waals surface area contributed by atoms with Gasteiger partial charge in [-0.05, 0) is 18.6 Å². The first-order chi connectivity index (χ1) is 11.2. The van der Waals surface area contributed by atoms with Crippen LogP contribution in [0.5, 0.6) is 0 Å². The van der Waals surface area contributed by atoms with Gasteiger partial charge in [0.1, 0.15) is 0 Å². The number of aliphatic hydroxyl groups is 1. The van der Waals surface area contributed by atoms with E-state index >= 15 is 0 Å². The third-order valence-corrected chi connectivity index (χ3v) is 3.51. The highest BCUT2D eigenvalue weighted by atomic mass is 16.3. The van der Waals surface area contributed by atoms with Crippen LogP contribution in [-0.4, -0.2) is 28.0 Å². The summed E-state index contributed by atoms with van der Waals surface area (Å²) in [6, 6.07) is 22.1. The molecule has 1 atom stereocenters. The molecule has 0 amide bonds. The van der Waals surface area contributed by atoms with Crippen molar-refractivity contribution in [2.75, 3.05) is 11.9 Å². The minimum absolute atomic E-state index is 0.430. The van der Waals surface area contributed by atoms with Gasteiger partial charge in [0.25, 0.3) is 0 Å². The Labute approximate surface area is 135 Å². The van der Waals surface area contributed by atoms with Crippen LogP contribution in [0.3, 0.4) is 0 Å². The van der Waals surface area contributed by atoms with Crippen LogP contribution in [-0.2, 0) is 0 Å². The largest absolute Gasteiger partial charge is 0.392 e. The molecule has 4 nitrogen and oxygen atoms in total. The first kappa shape index (κ1) is 15.2. The van der Waals surface area contributed by atoms with Gasteiger partial charge in [-0.3, -0.25) is 0 Å². The van der Waals surface area contributed by atoms with Crippen molar-refractivity contribution in [2.45, 2.75) is 13.0 Å². The number of nitrogens with zero attached hydrogens (tertiary/aromatic N) is 2. The molecule has 0 aliphatic rings. The van der Waals surface area contributed by atoms with Crippen molar-refractivity contribution < 1.29 is 5.11 Å². The van der Waals surface area contributed by atoms with Gasteiger partial charge in [0.05, 0.1) is 11.8 Å². The topological polar surface area (TPSA) is 58.0 Å². The second-order valence-corrected chi connectivity index (χ2v) is 5.45. The van der Waals surface area contributed by atoms with E-state index in [1.807, 2.05) is 66.7 Å². The van der Waals surface area contributed by atoms with Crippen LogP contribution in [0.2, 0.25) is 0 Å². The van der Waals surface area contributed by atoms with Gasteiger partial charge in [-0.25, -0.2) is 0 Å². The molecule has 0 bridgehead atoms. The number of aromatic nitrogens is 2. The van der Waals surface area contributed by atoms with Gasteiger partial charge >= 0.3 is 0 Å². The molecule has 1 heterocycles. The number of rotatable bonds is 5. The average Bonchev–Trinajstić information content (AvgIpc) is 2.61. The summed E-state index contributed by atoms with van der Waals surface area (Å²) in [5, 5.41) is 21.3. The monoisotopic (exact) mass is 305 g/mol. The summed E-state index contributed by atoms with van der Waals surface area (Å²) < 4.78 is 0. The van der Waals surface area contributed by atoms with Gasteiger partial charge in [0.15, 0.2) is 5.82 Å². The molecule has 0 fully saturated rings. The number of benzene rings is 2. The first-order valence-electron chi connectivity index (χ1n) is 7.64. The lowest BCUT2D eigenvalue weighted by molar-refractivity contribution is 0.208. The molecule has 3 aromatic rings. The van der Waals surface area contributed by atoms with E-state index in [0.717, 1.165) is 22.4 Å². The highest BCUT2D eigenvalue weighted by molar-refractivity contribution is 5.78. The van der Waals surface area contributed by atoms with Crippen molar-refractivity contribution in [1.82, 2.24) is 10.2 Å². The average molecular weight is 305 g/mol. The Hall–Kier alpha value is -2.72. The second-order valence-electron chi connectivity index (χ2n) is 5.45. The van der Waals surface area contributed by atoms with Crippen LogP contribution >= 0.6 is 0 Å². The van der Waals surface area contributed by atoms with Crippen LogP contribution in [0.15, 0.2) is 66.7 Å². The zero-order chi connectivity index (χ0) is 16.1. The zero-order valence-electron chi connectivity index (χ0n) is 13.0.